The Hall–Kier alpha value is -3.57. The van der Waals surface area contributed by atoms with Crippen molar-refractivity contribution < 1.29 is 18.0 Å². The normalized spacial score (nSPS) is 15.6. The van der Waals surface area contributed by atoms with E-state index in [1.807, 2.05) is 19.0 Å². The van der Waals surface area contributed by atoms with Gasteiger partial charge in [-0.25, -0.2) is 4.98 Å². The zero-order chi connectivity index (χ0) is 27.4. The summed E-state index contributed by atoms with van der Waals surface area (Å²) in [5, 5.41) is 8.55. The van der Waals surface area contributed by atoms with E-state index in [2.05, 4.69) is 30.8 Å². The van der Waals surface area contributed by atoms with E-state index in [4.69, 9.17) is 11.6 Å². The molecule has 2 heterocycles. The van der Waals surface area contributed by atoms with E-state index in [0.29, 0.717) is 36.6 Å². The molecule has 0 saturated carbocycles. The van der Waals surface area contributed by atoms with E-state index in [0.717, 1.165) is 12.5 Å². The quantitative estimate of drug-likeness (QED) is 0.342. The summed E-state index contributed by atoms with van der Waals surface area (Å²) in [6.07, 6.45) is -2.44. The topological polar surface area (TPSA) is 85.4 Å². The SMILES string of the molecule is CCNC(=O)c1ccccc1Nc1nc(Nc2ccc(N3CC[C@H](N(C)C)C3)cc2C(F)(F)F)ncc1Cl. The van der Waals surface area contributed by atoms with Crippen molar-refractivity contribution in [3.63, 3.8) is 0 Å². The maximum atomic E-state index is 14.1. The van der Waals surface area contributed by atoms with Crippen LogP contribution in [-0.2, 0) is 6.18 Å². The summed E-state index contributed by atoms with van der Waals surface area (Å²) < 4.78 is 42.2. The van der Waals surface area contributed by atoms with E-state index < -0.39 is 11.7 Å². The minimum atomic E-state index is -4.60. The highest BCUT2D eigenvalue weighted by Crippen LogP contribution is 2.39. The van der Waals surface area contributed by atoms with Crippen molar-refractivity contribution in [1.82, 2.24) is 20.2 Å². The second-order valence-electron chi connectivity index (χ2n) is 9.12. The van der Waals surface area contributed by atoms with Crippen molar-refractivity contribution in [3.05, 3.63) is 64.8 Å². The van der Waals surface area contributed by atoms with Crippen LogP contribution in [-0.4, -0.2) is 60.5 Å². The number of nitrogens with zero attached hydrogens (tertiary/aromatic N) is 4. The van der Waals surface area contributed by atoms with Crippen LogP contribution >= 0.6 is 11.6 Å². The van der Waals surface area contributed by atoms with E-state index in [-0.39, 0.29) is 34.4 Å². The maximum Gasteiger partial charge on any atom is 0.418 e. The summed E-state index contributed by atoms with van der Waals surface area (Å²) in [6, 6.07) is 11.2. The molecule has 0 radical (unpaired) electrons. The van der Waals surface area contributed by atoms with Crippen molar-refractivity contribution in [1.29, 1.82) is 0 Å². The van der Waals surface area contributed by atoms with E-state index in [1.54, 1.807) is 37.3 Å². The highest BCUT2D eigenvalue weighted by Gasteiger charge is 2.35. The van der Waals surface area contributed by atoms with Crippen molar-refractivity contribution in [3.8, 4) is 0 Å². The first-order valence-corrected chi connectivity index (χ1v) is 12.5. The summed E-state index contributed by atoms with van der Waals surface area (Å²) in [5.74, 6) is -0.235. The first kappa shape index (κ1) is 27.5. The highest BCUT2D eigenvalue weighted by molar-refractivity contribution is 6.33. The largest absolute Gasteiger partial charge is 0.418 e. The smallest absolute Gasteiger partial charge is 0.370 e. The van der Waals surface area contributed by atoms with Crippen molar-refractivity contribution in [2.75, 3.05) is 49.3 Å². The minimum absolute atomic E-state index is 0.0838. The first-order chi connectivity index (χ1) is 18.1. The third-order valence-corrected chi connectivity index (χ3v) is 6.60. The Labute approximate surface area is 224 Å². The van der Waals surface area contributed by atoms with Crippen LogP contribution < -0.4 is 20.9 Å². The standard InChI is InChI=1S/C26H29ClF3N7O/c1-4-31-24(38)18-7-5-6-8-21(18)33-23-20(27)14-32-25(35-23)34-22-10-9-16(13-19(22)26(28,29)30)37-12-11-17(15-37)36(2)3/h5-10,13-14,17H,4,11-12,15H2,1-3H3,(H,31,38)(H2,32,33,34,35)/t17-/m0/s1. The number of hydrogen-bond acceptors (Lipinski definition) is 7. The van der Waals surface area contributed by atoms with Gasteiger partial charge in [0, 0.05) is 31.4 Å². The lowest BCUT2D eigenvalue weighted by Gasteiger charge is -2.23. The number of benzene rings is 2. The van der Waals surface area contributed by atoms with Crippen LogP contribution in [0.3, 0.4) is 0 Å². The molecular weight excluding hydrogens is 519 g/mol. The monoisotopic (exact) mass is 547 g/mol. The van der Waals surface area contributed by atoms with Gasteiger partial charge < -0.3 is 25.8 Å². The van der Waals surface area contributed by atoms with Gasteiger partial charge in [-0.2, -0.15) is 18.2 Å². The molecule has 3 N–H and O–H groups in total. The molecule has 1 atom stereocenters. The van der Waals surface area contributed by atoms with E-state index in [1.165, 1.54) is 12.3 Å². The maximum absolute atomic E-state index is 14.1. The van der Waals surface area contributed by atoms with Crippen molar-refractivity contribution in [2.45, 2.75) is 25.6 Å². The van der Waals surface area contributed by atoms with E-state index >= 15 is 0 Å². The molecule has 12 heteroatoms. The Morgan fingerprint density at radius 3 is 2.61 bits per heavy atom. The van der Waals surface area contributed by atoms with Gasteiger partial charge >= 0.3 is 6.18 Å². The minimum Gasteiger partial charge on any atom is -0.370 e. The Morgan fingerprint density at radius 2 is 1.92 bits per heavy atom. The second kappa shape index (κ2) is 11.4. The molecule has 202 valence electrons. The van der Waals surface area contributed by atoms with Gasteiger partial charge in [0.1, 0.15) is 5.02 Å². The average Bonchev–Trinajstić information content (AvgIpc) is 3.37. The van der Waals surface area contributed by atoms with Gasteiger partial charge in [0.15, 0.2) is 5.82 Å². The first-order valence-electron chi connectivity index (χ1n) is 12.1. The highest BCUT2D eigenvalue weighted by atomic mass is 35.5. The molecule has 1 fully saturated rings. The second-order valence-corrected chi connectivity index (χ2v) is 9.53. The molecule has 1 saturated heterocycles. The molecule has 0 unspecified atom stereocenters. The average molecular weight is 548 g/mol. The summed E-state index contributed by atoms with van der Waals surface area (Å²) in [6.45, 7) is 3.59. The van der Waals surface area contributed by atoms with Crippen LogP contribution in [0.25, 0.3) is 0 Å². The molecule has 0 aliphatic carbocycles. The lowest BCUT2D eigenvalue weighted by Crippen LogP contribution is -2.31. The zero-order valence-corrected chi connectivity index (χ0v) is 22.0. The van der Waals surface area contributed by atoms with Gasteiger partial charge in [-0.1, -0.05) is 23.7 Å². The van der Waals surface area contributed by atoms with Crippen molar-refractivity contribution in [2.24, 2.45) is 0 Å². The van der Waals surface area contributed by atoms with Crippen LogP contribution in [0.15, 0.2) is 48.7 Å². The summed E-state index contributed by atoms with van der Waals surface area (Å²) >= 11 is 6.27. The number of carbonyl (C=O) groups excluding carboxylic acids is 1. The van der Waals surface area contributed by atoms with Crippen LogP contribution in [0.1, 0.15) is 29.3 Å². The van der Waals surface area contributed by atoms with Gasteiger partial charge in [0.05, 0.1) is 28.7 Å². The lowest BCUT2D eigenvalue weighted by molar-refractivity contribution is -0.136. The Morgan fingerprint density at radius 1 is 1.16 bits per heavy atom. The zero-order valence-electron chi connectivity index (χ0n) is 21.2. The molecular formula is C26H29ClF3N7O. The number of nitrogens with one attached hydrogen (secondary N) is 3. The molecule has 1 aromatic heterocycles. The van der Waals surface area contributed by atoms with Crippen LogP contribution in [0, 0.1) is 0 Å². The Bertz CT molecular complexity index is 1300. The fourth-order valence-corrected chi connectivity index (χ4v) is 4.42. The van der Waals surface area contributed by atoms with Crippen LogP contribution in [0.2, 0.25) is 5.02 Å². The third-order valence-electron chi connectivity index (χ3n) is 6.32. The van der Waals surface area contributed by atoms with E-state index in [9.17, 15) is 18.0 Å². The van der Waals surface area contributed by atoms with Gasteiger partial charge in [0.25, 0.3) is 5.91 Å². The number of halogens is 4. The number of carbonyl (C=O) groups is 1. The number of anilines is 5. The summed E-state index contributed by atoms with van der Waals surface area (Å²) in [5.41, 5.74) is 0.311. The van der Waals surface area contributed by atoms with Gasteiger partial charge in [-0.05, 0) is 57.8 Å². The van der Waals surface area contributed by atoms with Gasteiger partial charge in [-0.15, -0.1) is 0 Å². The fourth-order valence-electron chi connectivity index (χ4n) is 4.28. The molecule has 2 aromatic carbocycles. The van der Waals surface area contributed by atoms with Gasteiger partial charge in [0.2, 0.25) is 5.95 Å². The number of rotatable bonds is 8. The number of aromatic nitrogens is 2. The predicted molar refractivity (Wildman–Crippen MR) is 144 cm³/mol. The number of para-hydroxylation sites is 1. The Balaban J connectivity index is 1.60. The fraction of sp³-hybridized carbons (Fsp3) is 0.346. The predicted octanol–water partition coefficient (Wildman–Crippen LogP) is 5.53. The number of likely N-dealkylation sites (N-methyl/N-ethyl adjacent to an activating group) is 1. The molecule has 0 spiro atoms. The summed E-state index contributed by atoms with van der Waals surface area (Å²) in [4.78, 5) is 24.8. The number of amides is 1. The molecule has 3 aromatic rings. The molecule has 0 bridgehead atoms. The van der Waals surface area contributed by atoms with Gasteiger partial charge in [-0.3, -0.25) is 4.79 Å². The number of hydrogen-bond donors (Lipinski definition) is 3. The molecule has 1 amide bonds. The molecule has 1 aliphatic heterocycles. The van der Waals surface area contributed by atoms with Crippen LogP contribution in [0.4, 0.5) is 42.0 Å². The summed E-state index contributed by atoms with van der Waals surface area (Å²) in [7, 11) is 3.94. The molecule has 8 nitrogen and oxygen atoms in total. The number of alkyl halides is 3. The lowest BCUT2D eigenvalue weighted by atomic mass is 10.1. The molecule has 38 heavy (non-hydrogen) atoms. The third kappa shape index (κ3) is 6.28. The van der Waals surface area contributed by atoms with Crippen molar-refractivity contribution >= 4 is 46.3 Å². The van der Waals surface area contributed by atoms with Crippen LogP contribution in [0.5, 0.6) is 0 Å². The molecule has 4 rings (SSSR count). The Kier molecular flexibility index (Phi) is 8.27. The molecule has 1 aliphatic rings.